The first-order chi connectivity index (χ1) is 15.3. The molecule has 166 valence electrons. The highest BCUT2D eigenvalue weighted by Gasteiger charge is 2.27. The molecule has 0 saturated heterocycles. The molecule has 1 aliphatic rings. The summed E-state index contributed by atoms with van der Waals surface area (Å²) in [6.07, 6.45) is 2.34. The van der Waals surface area contributed by atoms with Crippen LogP contribution in [0.3, 0.4) is 0 Å². The van der Waals surface area contributed by atoms with E-state index in [1.54, 1.807) is 43.3 Å². The Bertz CT molecular complexity index is 1230. The smallest absolute Gasteiger partial charge is 0.339 e. The van der Waals surface area contributed by atoms with Crippen LogP contribution < -0.4 is 15.7 Å². The SMILES string of the molecule is Cc1cc(OC(C)C(=O)N[C@@H](C(=O)O)c2ccccc2)c2c3c(c(=O)oc2c1)CCCC3. The molecule has 1 heterocycles. The van der Waals surface area contributed by atoms with Gasteiger partial charge in [-0.1, -0.05) is 30.3 Å². The van der Waals surface area contributed by atoms with Crippen LogP contribution >= 0.6 is 0 Å². The third kappa shape index (κ3) is 4.23. The van der Waals surface area contributed by atoms with Gasteiger partial charge in [0.15, 0.2) is 12.1 Å². The van der Waals surface area contributed by atoms with Crippen molar-refractivity contribution in [2.24, 2.45) is 0 Å². The normalized spacial score (nSPS) is 14.9. The van der Waals surface area contributed by atoms with Gasteiger partial charge in [-0.3, -0.25) is 4.79 Å². The molecule has 1 aliphatic carbocycles. The Hall–Kier alpha value is -3.61. The number of carbonyl (C=O) groups is 2. The third-order valence-electron chi connectivity index (χ3n) is 5.77. The summed E-state index contributed by atoms with van der Waals surface area (Å²) in [7, 11) is 0. The average molecular weight is 435 g/mol. The van der Waals surface area contributed by atoms with Crippen molar-refractivity contribution in [1.82, 2.24) is 5.32 Å². The van der Waals surface area contributed by atoms with Crippen LogP contribution in [0.5, 0.6) is 5.75 Å². The number of ether oxygens (including phenoxy) is 1. The van der Waals surface area contributed by atoms with E-state index in [1.807, 2.05) is 13.0 Å². The fraction of sp³-hybridized carbons (Fsp3) is 0.320. The predicted molar refractivity (Wildman–Crippen MR) is 119 cm³/mol. The first-order valence-corrected chi connectivity index (χ1v) is 10.7. The summed E-state index contributed by atoms with van der Waals surface area (Å²) in [6, 6.07) is 10.9. The highest BCUT2D eigenvalue weighted by Crippen LogP contribution is 2.35. The van der Waals surface area contributed by atoms with E-state index in [0.29, 0.717) is 34.3 Å². The maximum Gasteiger partial charge on any atom is 0.339 e. The lowest BCUT2D eigenvalue weighted by molar-refractivity contribution is -0.143. The van der Waals surface area contributed by atoms with E-state index >= 15 is 0 Å². The highest BCUT2D eigenvalue weighted by molar-refractivity contribution is 5.90. The minimum atomic E-state index is -1.19. The molecule has 3 aromatic rings. The van der Waals surface area contributed by atoms with Gasteiger partial charge >= 0.3 is 11.6 Å². The maximum absolute atomic E-state index is 12.8. The van der Waals surface area contributed by atoms with Gasteiger partial charge in [0.2, 0.25) is 0 Å². The first kappa shape index (κ1) is 21.6. The number of carboxylic acids is 1. The van der Waals surface area contributed by atoms with E-state index in [9.17, 15) is 19.5 Å². The summed E-state index contributed by atoms with van der Waals surface area (Å²) < 4.78 is 11.6. The van der Waals surface area contributed by atoms with Crippen LogP contribution in [0.4, 0.5) is 0 Å². The van der Waals surface area contributed by atoms with Crippen LogP contribution in [0.2, 0.25) is 0 Å². The molecule has 1 aromatic heterocycles. The number of aliphatic carboxylic acids is 1. The standard InChI is InChI=1S/C25H25NO6/c1-14-12-19(21-17-10-6-7-11-18(17)25(30)32-20(21)13-14)31-15(2)23(27)26-22(24(28)29)16-8-4-3-5-9-16/h3-5,8-9,12-13,15,22H,6-7,10-11H2,1-2H3,(H,26,27)(H,28,29)/t15?,22-/m1/s1. The van der Waals surface area contributed by atoms with Crippen molar-refractivity contribution in [1.29, 1.82) is 0 Å². The zero-order valence-corrected chi connectivity index (χ0v) is 18.0. The Balaban J connectivity index is 1.65. The molecule has 32 heavy (non-hydrogen) atoms. The average Bonchev–Trinajstić information content (AvgIpc) is 2.77. The van der Waals surface area contributed by atoms with E-state index in [-0.39, 0.29) is 5.63 Å². The summed E-state index contributed by atoms with van der Waals surface area (Å²) in [5.74, 6) is -1.26. The molecule has 4 rings (SSSR count). The van der Waals surface area contributed by atoms with E-state index in [0.717, 1.165) is 30.4 Å². The molecule has 0 aliphatic heterocycles. The zero-order chi connectivity index (χ0) is 22.8. The number of rotatable bonds is 6. The van der Waals surface area contributed by atoms with Crippen molar-refractivity contribution >= 4 is 22.8 Å². The fourth-order valence-corrected chi connectivity index (χ4v) is 4.20. The van der Waals surface area contributed by atoms with Gasteiger partial charge in [-0.15, -0.1) is 0 Å². The number of amides is 1. The summed E-state index contributed by atoms with van der Waals surface area (Å²) in [4.78, 5) is 37.0. The van der Waals surface area contributed by atoms with Crippen LogP contribution in [-0.2, 0) is 22.4 Å². The Morgan fingerprint density at radius 2 is 1.78 bits per heavy atom. The summed E-state index contributed by atoms with van der Waals surface area (Å²) >= 11 is 0. The van der Waals surface area contributed by atoms with Crippen LogP contribution in [0.1, 0.15) is 48.1 Å². The van der Waals surface area contributed by atoms with E-state index in [1.165, 1.54) is 0 Å². The molecular formula is C25H25NO6. The predicted octanol–water partition coefficient (Wildman–Crippen LogP) is 3.69. The van der Waals surface area contributed by atoms with Gasteiger partial charge in [0.25, 0.3) is 5.91 Å². The molecule has 0 bridgehead atoms. The second-order valence-electron chi connectivity index (χ2n) is 8.14. The summed E-state index contributed by atoms with van der Waals surface area (Å²) in [5, 5.41) is 12.8. The number of carboxylic acid groups (broad SMARTS) is 1. The van der Waals surface area contributed by atoms with Crippen LogP contribution in [-0.4, -0.2) is 23.1 Å². The second kappa shape index (κ2) is 8.86. The van der Waals surface area contributed by atoms with Gasteiger partial charge in [0.1, 0.15) is 11.3 Å². The molecule has 0 saturated carbocycles. The number of benzene rings is 2. The molecule has 0 spiro atoms. The Morgan fingerprint density at radius 1 is 1.09 bits per heavy atom. The largest absolute Gasteiger partial charge is 0.480 e. The number of carbonyl (C=O) groups excluding carboxylic acids is 1. The molecule has 7 nitrogen and oxygen atoms in total. The van der Waals surface area contributed by atoms with E-state index < -0.39 is 24.0 Å². The second-order valence-corrected chi connectivity index (χ2v) is 8.14. The minimum Gasteiger partial charge on any atom is -0.480 e. The molecule has 7 heteroatoms. The highest BCUT2D eigenvalue weighted by atomic mass is 16.5. The molecule has 2 N–H and O–H groups in total. The first-order valence-electron chi connectivity index (χ1n) is 10.7. The number of fused-ring (bicyclic) bond motifs is 3. The van der Waals surface area contributed by atoms with Crippen LogP contribution in [0.15, 0.2) is 51.7 Å². The number of hydrogen-bond donors (Lipinski definition) is 2. The monoisotopic (exact) mass is 435 g/mol. The molecular weight excluding hydrogens is 410 g/mol. The molecule has 1 amide bonds. The molecule has 0 radical (unpaired) electrons. The van der Waals surface area contributed by atoms with Crippen molar-refractivity contribution in [3.05, 3.63) is 75.1 Å². The maximum atomic E-state index is 12.8. The molecule has 1 unspecified atom stereocenters. The van der Waals surface area contributed by atoms with Gasteiger partial charge in [0.05, 0.1) is 5.39 Å². The topological polar surface area (TPSA) is 106 Å². The summed E-state index contributed by atoms with van der Waals surface area (Å²) in [5.41, 5.74) is 3.00. The van der Waals surface area contributed by atoms with Gasteiger partial charge in [-0.05, 0) is 68.4 Å². The fourth-order valence-electron chi connectivity index (χ4n) is 4.20. The van der Waals surface area contributed by atoms with Crippen molar-refractivity contribution in [2.45, 2.75) is 51.7 Å². The molecule has 2 atom stereocenters. The van der Waals surface area contributed by atoms with Gasteiger partial charge < -0.3 is 19.6 Å². The zero-order valence-electron chi connectivity index (χ0n) is 18.0. The van der Waals surface area contributed by atoms with Gasteiger partial charge in [-0.25, -0.2) is 9.59 Å². The van der Waals surface area contributed by atoms with Crippen LogP contribution in [0, 0.1) is 6.92 Å². The number of aryl methyl sites for hydroxylation is 2. The van der Waals surface area contributed by atoms with Crippen molar-refractivity contribution in [3.63, 3.8) is 0 Å². The Labute approximate surface area is 185 Å². The Kier molecular flexibility index (Phi) is 5.99. The minimum absolute atomic E-state index is 0.318. The van der Waals surface area contributed by atoms with Crippen molar-refractivity contribution in [3.8, 4) is 5.75 Å². The molecule has 0 fully saturated rings. The van der Waals surface area contributed by atoms with Crippen molar-refractivity contribution < 1.29 is 23.8 Å². The third-order valence-corrected chi connectivity index (χ3v) is 5.77. The van der Waals surface area contributed by atoms with E-state index in [4.69, 9.17) is 9.15 Å². The lowest BCUT2D eigenvalue weighted by Crippen LogP contribution is -2.41. The number of hydrogen-bond acceptors (Lipinski definition) is 5. The van der Waals surface area contributed by atoms with Gasteiger partial charge in [-0.2, -0.15) is 0 Å². The van der Waals surface area contributed by atoms with Crippen molar-refractivity contribution in [2.75, 3.05) is 0 Å². The lowest BCUT2D eigenvalue weighted by Gasteiger charge is -2.22. The molecule has 2 aromatic carbocycles. The lowest BCUT2D eigenvalue weighted by atomic mass is 9.90. The van der Waals surface area contributed by atoms with Gasteiger partial charge in [0, 0.05) is 5.56 Å². The summed E-state index contributed by atoms with van der Waals surface area (Å²) in [6.45, 7) is 3.42. The van der Waals surface area contributed by atoms with Crippen LogP contribution in [0.25, 0.3) is 11.0 Å². The Morgan fingerprint density at radius 3 is 2.47 bits per heavy atom. The van der Waals surface area contributed by atoms with E-state index in [2.05, 4.69) is 5.32 Å². The quantitative estimate of drug-likeness (QED) is 0.572. The number of nitrogens with one attached hydrogen (secondary N) is 1.